The molecule has 1 fully saturated rings. The number of hydrogen-bond acceptors (Lipinski definition) is 5. The van der Waals surface area contributed by atoms with Crippen LogP contribution < -0.4 is 5.32 Å². The van der Waals surface area contributed by atoms with Gasteiger partial charge in [-0.1, -0.05) is 66.5 Å². The van der Waals surface area contributed by atoms with Crippen LogP contribution in [0.4, 0.5) is 0 Å². The van der Waals surface area contributed by atoms with E-state index in [0.29, 0.717) is 15.8 Å². The van der Waals surface area contributed by atoms with Gasteiger partial charge in [0.15, 0.2) is 0 Å². The van der Waals surface area contributed by atoms with Crippen molar-refractivity contribution in [3.8, 4) is 0 Å². The molecule has 3 rings (SSSR count). The molecule has 1 saturated heterocycles. The molecule has 0 saturated carbocycles. The van der Waals surface area contributed by atoms with E-state index in [4.69, 9.17) is 12.2 Å². The summed E-state index contributed by atoms with van der Waals surface area (Å²) in [5.41, 5.74) is 1.04. The fourth-order valence-electron chi connectivity index (χ4n) is 2.80. The minimum absolute atomic E-state index is 0.215. The van der Waals surface area contributed by atoms with Gasteiger partial charge in [-0.3, -0.25) is 14.5 Å². The Labute approximate surface area is 179 Å². The molecule has 2 heterocycles. The molecule has 0 spiro atoms. The summed E-state index contributed by atoms with van der Waals surface area (Å²) < 4.78 is 2.35. The first-order valence-electron chi connectivity index (χ1n) is 9.28. The molecule has 1 aliphatic heterocycles. The summed E-state index contributed by atoms with van der Waals surface area (Å²) >= 11 is 6.55. The molecular formula is C21H22N4O2S2. The predicted molar refractivity (Wildman–Crippen MR) is 120 cm³/mol. The van der Waals surface area contributed by atoms with E-state index in [1.807, 2.05) is 53.2 Å². The van der Waals surface area contributed by atoms with E-state index in [1.54, 1.807) is 25.5 Å². The van der Waals surface area contributed by atoms with Crippen LogP contribution in [0.3, 0.4) is 0 Å². The number of aromatic nitrogens is 2. The Morgan fingerprint density at radius 2 is 2.14 bits per heavy atom. The number of rotatable bonds is 8. The normalized spacial score (nSPS) is 16.7. The number of aryl methyl sites for hydroxylation is 1. The van der Waals surface area contributed by atoms with Gasteiger partial charge < -0.3 is 9.88 Å². The van der Waals surface area contributed by atoms with Gasteiger partial charge in [0.1, 0.15) is 10.4 Å². The minimum atomic E-state index is -0.653. The molecule has 8 heteroatoms. The van der Waals surface area contributed by atoms with E-state index in [-0.39, 0.29) is 11.8 Å². The molecule has 1 atom stereocenters. The Morgan fingerprint density at radius 1 is 1.34 bits per heavy atom. The highest BCUT2D eigenvalue weighted by Crippen LogP contribution is 2.32. The van der Waals surface area contributed by atoms with Gasteiger partial charge in [0.2, 0.25) is 5.91 Å². The Balaban J connectivity index is 1.53. The number of benzene rings is 1. The quantitative estimate of drug-likeness (QED) is 0.399. The lowest BCUT2D eigenvalue weighted by molar-refractivity contribution is -0.132. The van der Waals surface area contributed by atoms with Crippen molar-refractivity contribution in [2.45, 2.75) is 25.9 Å². The minimum Gasteiger partial charge on any atom is -0.354 e. The Bertz CT molecular complexity index is 923. The average Bonchev–Trinajstić information content (AvgIpc) is 3.33. The van der Waals surface area contributed by atoms with Crippen molar-refractivity contribution in [1.29, 1.82) is 0 Å². The molecule has 29 heavy (non-hydrogen) atoms. The first kappa shape index (κ1) is 21.0. The third kappa shape index (κ3) is 5.65. The molecule has 6 nitrogen and oxygen atoms in total. The van der Waals surface area contributed by atoms with Crippen LogP contribution in [0.15, 0.2) is 66.1 Å². The Kier molecular flexibility index (Phi) is 7.37. The number of thioether (sulfide) groups is 1. The number of imidazole rings is 1. The molecule has 2 aromatic rings. The van der Waals surface area contributed by atoms with E-state index in [2.05, 4.69) is 10.3 Å². The van der Waals surface area contributed by atoms with E-state index in [9.17, 15) is 9.59 Å². The lowest BCUT2D eigenvalue weighted by atomic mass is 10.2. The Hall–Kier alpha value is -2.71. The fraction of sp³-hybridized carbons (Fsp3) is 0.238. The second-order valence-electron chi connectivity index (χ2n) is 6.46. The smallest absolute Gasteiger partial charge is 0.266 e. The van der Waals surface area contributed by atoms with Crippen molar-refractivity contribution in [2.75, 3.05) is 6.54 Å². The maximum absolute atomic E-state index is 12.7. The fourth-order valence-corrected chi connectivity index (χ4v) is 4.17. The second kappa shape index (κ2) is 10.2. The van der Waals surface area contributed by atoms with Gasteiger partial charge in [-0.25, -0.2) is 4.98 Å². The highest BCUT2D eigenvalue weighted by atomic mass is 32.2. The summed E-state index contributed by atoms with van der Waals surface area (Å²) in [4.78, 5) is 31.1. The number of nitrogens with zero attached hydrogens (tertiary/aromatic N) is 3. The SMILES string of the molecule is CC(C(=O)NCCCn1ccnc1)N1C(=O)C(=CC=Cc2ccccc2)SC1=S. The molecule has 0 radical (unpaired) electrons. The second-order valence-corrected chi connectivity index (χ2v) is 8.14. The first-order chi connectivity index (χ1) is 14.1. The zero-order valence-corrected chi connectivity index (χ0v) is 17.7. The highest BCUT2D eigenvalue weighted by molar-refractivity contribution is 8.26. The highest BCUT2D eigenvalue weighted by Gasteiger charge is 2.37. The molecular weight excluding hydrogens is 404 g/mol. The van der Waals surface area contributed by atoms with Crippen LogP contribution in [0.5, 0.6) is 0 Å². The van der Waals surface area contributed by atoms with Gasteiger partial charge in [0.05, 0.1) is 11.2 Å². The number of carbonyl (C=O) groups is 2. The third-order valence-electron chi connectivity index (χ3n) is 4.38. The molecule has 0 aliphatic carbocycles. The van der Waals surface area contributed by atoms with Crippen LogP contribution in [-0.4, -0.2) is 43.2 Å². The van der Waals surface area contributed by atoms with E-state index in [0.717, 1.165) is 18.5 Å². The van der Waals surface area contributed by atoms with Crippen LogP contribution in [0, 0.1) is 0 Å². The van der Waals surface area contributed by atoms with Crippen LogP contribution in [0.1, 0.15) is 18.9 Å². The number of carbonyl (C=O) groups excluding carboxylic acids is 2. The number of allylic oxidation sites excluding steroid dienone is 2. The van der Waals surface area contributed by atoms with Crippen molar-refractivity contribution >= 4 is 46.2 Å². The van der Waals surface area contributed by atoms with Gasteiger partial charge in [-0.2, -0.15) is 0 Å². The monoisotopic (exact) mass is 426 g/mol. The molecule has 1 unspecified atom stereocenters. The van der Waals surface area contributed by atoms with Gasteiger partial charge >= 0.3 is 0 Å². The summed E-state index contributed by atoms with van der Waals surface area (Å²) in [6, 6.07) is 9.17. The lowest BCUT2D eigenvalue weighted by Crippen LogP contribution is -2.47. The molecule has 1 aliphatic rings. The van der Waals surface area contributed by atoms with E-state index < -0.39 is 6.04 Å². The largest absolute Gasteiger partial charge is 0.354 e. The number of nitrogens with one attached hydrogen (secondary N) is 1. The standard InChI is InChI=1S/C21H22N4O2S2/c1-16(19(26)23-11-6-13-24-14-12-22-15-24)25-20(27)18(29-21(25)28)10-5-9-17-7-3-2-4-8-17/h2-5,7-10,12,14-16H,6,11,13H2,1H3,(H,23,26). The number of thiocarbonyl (C=S) groups is 1. The maximum Gasteiger partial charge on any atom is 0.266 e. The first-order valence-corrected chi connectivity index (χ1v) is 10.5. The zero-order chi connectivity index (χ0) is 20.6. The van der Waals surface area contributed by atoms with Crippen LogP contribution >= 0.6 is 24.0 Å². The summed E-state index contributed by atoms with van der Waals surface area (Å²) in [7, 11) is 0. The summed E-state index contributed by atoms with van der Waals surface area (Å²) in [5, 5.41) is 2.87. The average molecular weight is 427 g/mol. The van der Waals surface area contributed by atoms with Gasteiger partial charge in [-0.15, -0.1) is 0 Å². The van der Waals surface area contributed by atoms with E-state index >= 15 is 0 Å². The molecule has 1 aromatic carbocycles. The van der Waals surface area contributed by atoms with Gasteiger partial charge in [0, 0.05) is 25.5 Å². The maximum atomic E-state index is 12.7. The number of hydrogen-bond donors (Lipinski definition) is 1. The van der Waals surface area contributed by atoms with Crippen LogP contribution in [-0.2, 0) is 16.1 Å². The molecule has 2 amide bonds. The predicted octanol–water partition coefficient (Wildman–Crippen LogP) is 3.24. The van der Waals surface area contributed by atoms with Crippen molar-refractivity contribution in [2.24, 2.45) is 0 Å². The lowest BCUT2D eigenvalue weighted by Gasteiger charge is -2.22. The van der Waals surface area contributed by atoms with Gasteiger partial charge in [0.25, 0.3) is 5.91 Å². The summed E-state index contributed by atoms with van der Waals surface area (Å²) in [5.74, 6) is -0.452. The van der Waals surface area contributed by atoms with Crippen LogP contribution in [0.25, 0.3) is 6.08 Å². The summed E-state index contributed by atoms with van der Waals surface area (Å²) in [6.07, 6.45) is 11.6. The zero-order valence-electron chi connectivity index (χ0n) is 16.0. The molecule has 1 N–H and O–H groups in total. The summed E-state index contributed by atoms with van der Waals surface area (Å²) in [6.45, 7) is 2.98. The van der Waals surface area contributed by atoms with Crippen molar-refractivity contribution in [3.05, 3.63) is 71.7 Å². The van der Waals surface area contributed by atoms with Crippen LogP contribution in [0.2, 0.25) is 0 Å². The van der Waals surface area contributed by atoms with Crippen molar-refractivity contribution < 1.29 is 9.59 Å². The topological polar surface area (TPSA) is 67.2 Å². The third-order valence-corrected chi connectivity index (χ3v) is 5.73. The molecule has 0 bridgehead atoms. The van der Waals surface area contributed by atoms with Gasteiger partial charge in [-0.05, 0) is 25.0 Å². The Morgan fingerprint density at radius 3 is 2.86 bits per heavy atom. The van der Waals surface area contributed by atoms with Crippen molar-refractivity contribution in [1.82, 2.24) is 19.8 Å². The molecule has 1 aromatic heterocycles. The van der Waals surface area contributed by atoms with Crippen molar-refractivity contribution in [3.63, 3.8) is 0 Å². The van der Waals surface area contributed by atoms with E-state index in [1.165, 1.54) is 16.7 Å². The molecule has 150 valence electrons. The number of amides is 2.